The van der Waals surface area contributed by atoms with Gasteiger partial charge in [-0.05, 0) is 30.9 Å². The van der Waals surface area contributed by atoms with Crippen molar-refractivity contribution in [2.24, 2.45) is 5.92 Å². The number of esters is 1. The summed E-state index contributed by atoms with van der Waals surface area (Å²) in [6.07, 6.45) is 8.05. The second kappa shape index (κ2) is 9.92. The summed E-state index contributed by atoms with van der Waals surface area (Å²) in [7, 11) is -0.279. The summed E-state index contributed by atoms with van der Waals surface area (Å²) in [5.41, 5.74) is 6.22. The van der Waals surface area contributed by atoms with E-state index < -0.39 is 5.92 Å². The van der Waals surface area contributed by atoms with Crippen LogP contribution in [-0.2, 0) is 14.3 Å². The molecule has 9 nitrogen and oxygen atoms in total. The summed E-state index contributed by atoms with van der Waals surface area (Å²) < 4.78 is 10.9. The molecule has 0 spiro atoms. The molecule has 2 amide bonds. The number of hydrogen-bond donors (Lipinski definition) is 1. The molecule has 37 heavy (non-hydrogen) atoms. The van der Waals surface area contributed by atoms with Crippen molar-refractivity contribution in [2.75, 3.05) is 57.3 Å². The number of hydrogen-bond acceptors (Lipinski definition) is 7. The number of halogens is 1. The molecule has 4 heterocycles. The van der Waals surface area contributed by atoms with E-state index in [0.717, 1.165) is 26.7 Å². The number of morpholine rings is 1. The maximum absolute atomic E-state index is 13.6. The van der Waals surface area contributed by atoms with Gasteiger partial charge in [0.1, 0.15) is 12.1 Å². The van der Waals surface area contributed by atoms with Gasteiger partial charge in [-0.2, -0.15) is 0 Å². The topological polar surface area (TPSA) is 77.6 Å². The molecule has 1 aliphatic carbocycles. The summed E-state index contributed by atoms with van der Waals surface area (Å²) in [6, 6.07) is 7.66. The molecule has 3 atom stereocenters. The SMILES string of the molecule is CCOC(=O)C1C=CC2=C1C1=CN(c3ccccc3Cl)CC3N(CNN3C(=O)N3CCOCC3)C1=S2C. The van der Waals surface area contributed by atoms with Crippen LogP contribution in [0.1, 0.15) is 6.92 Å². The van der Waals surface area contributed by atoms with E-state index in [-0.39, 0.29) is 28.7 Å². The molecule has 1 aromatic rings. The third-order valence-electron chi connectivity index (χ3n) is 7.32. The molecule has 6 rings (SSSR count). The van der Waals surface area contributed by atoms with Crippen LogP contribution in [0.25, 0.3) is 0 Å². The number of allylic oxidation sites excluding steroid dienone is 1. The fraction of sp³-hybridized carbons (Fsp3) is 0.423. The van der Waals surface area contributed by atoms with Crippen molar-refractivity contribution < 1.29 is 19.1 Å². The lowest BCUT2D eigenvalue weighted by molar-refractivity contribution is -0.144. The molecule has 1 N–H and O–H groups in total. The number of nitrogens with one attached hydrogen (secondary N) is 1. The van der Waals surface area contributed by atoms with E-state index in [1.807, 2.05) is 42.2 Å². The summed E-state index contributed by atoms with van der Waals surface area (Å²) in [5.74, 6) is -0.684. The Kier molecular flexibility index (Phi) is 6.62. The first-order chi connectivity index (χ1) is 18.0. The van der Waals surface area contributed by atoms with Gasteiger partial charge in [0.15, 0.2) is 0 Å². The minimum absolute atomic E-state index is 0.0576. The van der Waals surface area contributed by atoms with Crippen LogP contribution >= 0.6 is 22.1 Å². The number of rotatable bonds is 3. The molecule has 5 aliphatic rings. The van der Waals surface area contributed by atoms with Crippen LogP contribution in [-0.4, -0.2) is 90.3 Å². The van der Waals surface area contributed by atoms with Gasteiger partial charge in [0, 0.05) is 29.8 Å². The number of benzene rings is 1. The molecule has 0 radical (unpaired) electrons. The third kappa shape index (κ3) is 4.11. The molecule has 1 aromatic carbocycles. The monoisotopic (exact) mass is 543 g/mol. The largest absolute Gasteiger partial charge is 0.465 e. The van der Waals surface area contributed by atoms with Gasteiger partial charge in [-0.3, -0.25) is 4.79 Å². The van der Waals surface area contributed by atoms with E-state index in [4.69, 9.17) is 21.1 Å². The molecule has 0 bridgehead atoms. The smallest absolute Gasteiger partial charge is 0.336 e. The second-order valence-electron chi connectivity index (χ2n) is 9.35. The van der Waals surface area contributed by atoms with Gasteiger partial charge in [-0.15, -0.1) is 10.5 Å². The van der Waals surface area contributed by atoms with Crippen LogP contribution in [0, 0.1) is 5.92 Å². The van der Waals surface area contributed by atoms with Crippen molar-refractivity contribution >= 4 is 44.8 Å². The van der Waals surface area contributed by atoms with Crippen molar-refractivity contribution in [3.8, 4) is 0 Å². The molecule has 4 aliphatic heterocycles. The molecular weight excluding hydrogens is 514 g/mol. The third-order valence-corrected chi connectivity index (χ3v) is 9.69. The van der Waals surface area contributed by atoms with Gasteiger partial charge in [0.2, 0.25) is 0 Å². The highest BCUT2D eigenvalue weighted by atomic mass is 35.5. The average molecular weight is 544 g/mol. The number of anilines is 1. The first kappa shape index (κ1) is 24.7. The van der Waals surface area contributed by atoms with E-state index >= 15 is 0 Å². The van der Waals surface area contributed by atoms with E-state index in [9.17, 15) is 9.59 Å². The Labute approximate surface area is 223 Å². The van der Waals surface area contributed by atoms with Gasteiger partial charge in [0.25, 0.3) is 0 Å². The fourth-order valence-corrected chi connectivity index (χ4v) is 7.92. The number of carbonyl (C=O) groups is 2. The lowest BCUT2D eigenvalue weighted by atomic mass is 9.95. The number of hydrazine groups is 1. The Morgan fingerprint density at radius 1 is 1.24 bits per heavy atom. The van der Waals surface area contributed by atoms with Crippen LogP contribution < -0.4 is 10.3 Å². The van der Waals surface area contributed by atoms with Gasteiger partial charge in [-0.1, -0.05) is 35.9 Å². The lowest BCUT2D eigenvalue weighted by Crippen LogP contribution is -2.56. The quantitative estimate of drug-likeness (QED) is 0.464. The predicted octanol–water partition coefficient (Wildman–Crippen LogP) is 2.95. The molecule has 11 heteroatoms. The zero-order valence-electron chi connectivity index (χ0n) is 20.9. The molecule has 0 saturated carbocycles. The summed E-state index contributed by atoms with van der Waals surface area (Å²) in [5, 5.41) is 2.37. The summed E-state index contributed by atoms with van der Waals surface area (Å²) >= 11 is 6.67. The Morgan fingerprint density at radius 2 is 2.03 bits per heavy atom. The second-order valence-corrected chi connectivity index (χ2v) is 11.6. The van der Waals surface area contributed by atoms with E-state index in [1.165, 1.54) is 0 Å². The minimum Gasteiger partial charge on any atom is -0.465 e. The van der Waals surface area contributed by atoms with Crippen molar-refractivity contribution in [3.63, 3.8) is 0 Å². The number of ether oxygens (including phenoxy) is 2. The molecule has 196 valence electrons. The fourth-order valence-electron chi connectivity index (χ4n) is 5.59. The van der Waals surface area contributed by atoms with Gasteiger partial charge < -0.3 is 19.3 Å². The Balaban J connectivity index is 1.43. The van der Waals surface area contributed by atoms with E-state index in [2.05, 4.69) is 33.8 Å². The van der Waals surface area contributed by atoms with Crippen molar-refractivity contribution in [1.29, 1.82) is 0 Å². The van der Waals surface area contributed by atoms with Crippen LogP contribution in [0.5, 0.6) is 0 Å². The maximum atomic E-state index is 13.6. The van der Waals surface area contributed by atoms with E-state index in [0.29, 0.717) is 51.1 Å². The maximum Gasteiger partial charge on any atom is 0.336 e. The highest BCUT2D eigenvalue weighted by Gasteiger charge is 2.47. The number of nitrogens with zero attached hydrogens (tertiary/aromatic N) is 4. The van der Waals surface area contributed by atoms with Crippen LogP contribution in [0.2, 0.25) is 5.02 Å². The van der Waals surface area contributed by atoms with Gasteiger partial charge >= 0.3 is 12.0 Å². The molecule has 2 fully saturated rings. The Bertz CT molecular complexity index is 1270. The zero-order valence-corrected chi connectivity index (χ0v) is 22.4. The number of urea groups is 1. The zero-order chi connectivity index (χ0) is 25.7. The summed E-state index contributed by atoms with van der Waals surface area (Å²) in [4.78, 5) is 35.1. The number of amides is 2. The lowest BCUT2D eigenvalue weighted by Gasteiger charge is -2.36. The van der Waals surface area contributed by atoms with E-state index in [1.54, 1.807) is 5.01 Å². The Hall–Kier alpha value is -2.63. The number of carbonyl (C=O) groups excluding carboxylic acids is 2. The highest BCUT2D eigenvalue weighted by molar-refractivity contribution is 8.19. The predicted molar refractivity (Wildman–Crippen MR) is 145 cm³/mol. The van der Waals surface area contributed by atoms with Crippen LogP contribution in [0.3, 0.4) is 0 Å². The summed E-state index contributed by atoms with van der Waals surface area (Å²) in [6.45, 7) is 5.39. The van der Waals surface area contributed by atoms with Crippen LogP contribution in [0.4, 0.5) is 10.5 Å². The van der Waals surface area contributed by atoms with Crippen molar-refractivity contribution in [3.05, 3.63) is 63.7 Å². The number of para-hydroxylation sites is 1. The molecule has 3 unspecified atom stereocenters. The van der Waals surface area contributed by atoms with Crippen molar-refractivity contribution in [2.45, 2.75) is 13.1 Å². The van der Waals surface area contributed by atoms with Crippen molar-refractivity contribution in [1.82, 2.24) is 20.2 Å². The number of fused-ring (bicyclic) bond motifs is 4. The molecular formula is C26H30ClN5O4S. The first-order valence-corrected chi connectivity index (χ1v) is 14.5. The Morgan fingerprint density at radius 3 is 2.78 bits per heavy atom. The average Bonchev–Trinajstić information content (AvgIpc) is 3.56. The molecule has 0 aromatic heterocycles. The standard InChI is InChI=1S/C26H30ClN5O4S/c1-3-36-25(33)17-8-9-21-23(17)18-14-30(20-7-5-4-6-19(20)27)15-22-31(24(18)37(21)2)16-28-32(22)26(34)29-10-12-35-13-11-29/h4-9,14,17,22,28H,3,10-13,15-16H2,1-2H3. The van der Waals surface area contributed by atoms with Gasteiger partial charge in [-0.25, -0.2) is 20.1 Å². The normalized spacial score (nSPS) is 27.2. The minimum atomic E-state index is -0.444. The molecule has 2 saturated heterocycles. The van der Waals surface area contributed by atoms with Gasteiger partial charge in [0.05, 0.1) is 48.7 Å². The first-order valence-electron chi connectivity index (χ1n) is 12.5. The van der Waals surface area contributed by atoms with Crippen LogP contribution in [0.15, 0.2) is 58.7 Å². The highest BCUT2D eigenvalue weighted by Crippen LogP contribution is 2.50.